The number of aromatic nitrogens is 5. The molecule has 8 nitrogen and oxygen atoms in total. The molecule has 0 amide bonds. The third-order valence-corrected chi connectivity index (χ3v) is 5.71. The van der Waals surface area contributed by atoms with Crippen LogP contribution in [0.3, 0.4) is 0 Å². The lowest BCUT2D eigenvalue weighted by atomic mass is 10.1. The number of rotatable bonds is 2. The van der Waals surface area contributed by atoms with E-state index in [1.807, 2.05) is 19.3 Å². The molecular formula is C21H22N6O2. The average molecular weight is 390 g/mol. The van der Waals surface area contributed by atoms with Crippen LogP contribution in [-0.2, 0) is 7.05 Å². The molecule has 1 fully saturated rings. The Morgan fingerprint density at radius 2 is 1.90 bits per heavy atom. The summed E-state index contributed by atoms with van der Waals surface area (Å²) in [5.74, 6) is 0.107. The number of nitrogens with zero attached hydrogens (tertiary/aromatic N) is 6. The van der Waals surface area contributed by atoms with Crippen LogP contribution in [0, 0.1) is 0 Å². The summed E-state index contributed by atoms with van der Waals surface area (Å²) in [5.41, 5.74) is 2.34. The number of piperidine rings is 1. The van der Waals surface area contributed by atoms with Gasteiger partial charge in [0.05, 0.1) is 34.4 Å². The van der Waals surface area contributed by atoms with Crippen molar-refractivity contribution in [2.75, 3.05) is 20.1 Å². The number of benzene rings is 1. The third-order valence-electron chi connectivity index (χ3n) is 5.71. The van der Waals surface area contributed by atoms with Gasteiger partial charge in [-0.1, -0.05) is 0 Å². The Balaban J connectivity index is 1.57. The highest BCUT2D eigenvalue weighted by molar-refractivity contribution is 5.88. The van der Waals surface area contributed by atoms with Crippen LogP contribution in [-0.4, -0.2) is 54.7 Å². The fourth-order valence-corrected chi connectivity index (χ4v) is 4.09. The molecule has 0 unspecified atom stereocenters. The predicted octanol–water partition coefficient (Wildman–Crippen LogP) is 2.32. The number of pyridine rings is 1. The van der Waals surface area contributed by atoms with Crippen molar-refractivity contribution in [2.45, 2.75) is 18.9 Å². The molecule has 4 heterocycles. The Kier molecular flexibility index (Phi) is 4.09. The third kappa shape index (κ3) is 3.05. The standard InChI is InChI=1S/C21H22N6O2/c1-25-7-5-14(6-8-25)27-21(29)15-3-4-17(23-19(15)11-22-27)16-9-13-12-26(2)24-18(13)10-20(16)28/h3-4,9-12,14,28H,5-8H2,1-2H3. The summed E-state index contributed by atoms with van der Waals surface area (Å²) in [4.78, 5) is 19.9. The second-order valence-corrected chi connectivity index (χ2v) is 7.79. The van der Waals surface area contributed by atoms with Crippen molar-refractivity contribution in [1.29, 1.82) is 0 Å². The lowest BCUT2D eigenvalue weighted by Gasteiger charge is -2.29. The fourth-order valence-electron chi connectivity index (χ4n) is 4.09. The summed E-state index contributed by atoms with van der Waals surface area (Å²) >= 11 is 0. The Labute approximate surface area is 167 Å². The molecule has 1 N–H and O–H groups in total. The zero-order valence-electron chi connectivity index (χ0n) is 16.4. The molecule has 1 aliphatic rings. The molecule has 0 radical (unpaired) electrons. The number of aryl methyl sites for hydroxylation is 1. The van der Waals surface area contributed by atoms with Crippen molar-refractivity contribution in [3.8, 4) is 17.0 Å². The predicted molar refractivity (Wildman–Crippen MR) is 111 cm³/mol. The maximum Gasteiger partial charge on any atom is 0.276 e. The van der Waals surface area contributed by atoms with Gasteiger partial charge in [-0.3, -0.25) is 9.48 Å². The molecule has 0 aliphatic carbocycles. The van der Waals surface area contributed by atoms with E-state index < -0.39 is 0 Å². The highest BCUT2D eigenvalue weighted by Crippen LogP contribution is 2.32. The van der Waals surface area contributed by atoms with Gasteiger partial charge < -0.3 is 10.0 Å². The zero-order valence-corrected chi connectivity index (χ0v) is 16.4. The Hall–Kier alpha value is -3.26. The van der Waals surface area contributed by atoms with E-state index in [0.717, 1.165) is 36.8 Å². The van der Waals surface area contributed by atoms with E-state index in [0.29, 0.717) is 22.2 Å². The van der Waals surface area contributed by atoms with Crippen LogP contribution < -0.4 is 5.56 Å². The summed E-state index contributed by atoms with van der Waals surface area (Å²) in [6.45, 7) is 1.92. The number of aromatic hydroxyl groups is 1. The normalized spacial score (nSPS) is 16.1. The van der Waals surface area contributed by atoms with Crippen molar-refractivity contribution >= 4 is 21.8 Å². The molecule has 1 saturated heterocycles. The van der Waals surface area contributed by atoms with Crippen molar-refractivity contribution < 1.29 is 5.11 Å². The first kappa shape index (κ1) is 17.8. The van der Waals surface area contributed by atoms with Gasteiger partial charge >= 0.3 is 0 Å². The van der Waals surface area contributed by atoms with E-state index in [4.69, 9.17) is 0 Å². The lowest BCUT2D eigenvalue weighted by molar-refractivity contribution is 0.209. The van der Waals surface area contributed by atoms with Gasteiger partial charge in [-0.2, -0.15) is 10.2 Å². The molecule has 0 saturated carbocycles. The van der Waals surface area contributed by atoms with Crippen LogP contribution >= 0.6 is 0 Å². The smallest absolute Gasteiger partial charge is 0.276 e. The van der Waals surface area contributed by atoms with Crippen LogP contribution in [0.4, 0.5) is 0 Å². The molecule has 148 valence electrons. The quantitative estimate of drug-likeness (QED) is 0.565. The zero-order chi connectivity index (χ0) is 20.1. The van der Waals surface area contributed by atoms with Crippen molar-refractivity contribution in [3.05, 3.63) is 47.0 Å². The lowest BCUT2D eigenvalue weighted by Crippen LogP contribution is -2.36. The number of likely N-dealkylation sites (tertiary alicyclic amines) is 1. The number of phenols is 1. The monoisotopic (exact) mass is 390 g/mol. The van der Waals surface area contributed by atoms with Gasteiger partial charge in [0.15, 0.2) is 0 Å². The summed E-state index contributed by atoms with van der Waals surface area (Å²) in [6, 6.07) is 7.17. The summed E-state index contributed by atoms with van der Waals surface area (Å²) in [7, 11) is 3.93. The molecule has 3 aromatic heterocycles. The highest BCUT2D eigenvalue weighted by Gasteiger charge is 2.21. The van der Waals surface area contributed by atoms with E-state index in [9.17, 15) is 9.90 Å². The summed E-state index contributed by atoms with van der Waals surface area (Å²) in [5, 5.41) is 20.6. The molecule has 1 aromatic carbocycles. The van der Waals surface area contributed by atoms with Crippen LogP contribution in [0.5, 0.6) is 5.75 Å². The van der Waals surface area contributed by atoms with Gasteiger partial charge in [-0.15, -0.1) is 0 Å². The number of hydrogen-bond acceptors (Lipinski definition) is 6. The minimum absolute atomic E-state index is 0.107. The first-order valence-electron chi connectivity index (χ1n) is 9.73. The van der Waals surface area contributed by atoms with Gasteiger partial charge in [0.2, 0.25) is 0 Å². The van der Waals surface area contributed by atoms with E-state index >= 15 is 0 Å². The first-order chi connectivity index (χ1) is 14.0. The van der Waals surface area contributed by atoms with Crippen LogP contribution in [0.25, 0.3) is 33.1 Å². The van der Waals surface area contributed by atoms with E-state index in [1.54, 1.807) is 33.8 Å². The number of hydrogen-bond donors (Lipinski definition) is 1. The Bertz CT molecular complexity index is 1280. The molecule has 8 heteroatoms. The second kappa shape index (κ2) is 6.66. The number of fused-ring (bicyclic) bond motifs is 2. The molecular weight excluding hydrogens is 368 g/mol. The summed E-state index contributed by atoms with van der Waals surface area (Å²) < 4.78 is 3.31. The summed E-state index contributed by atoms with van der Waals surface area (Å²) in [6.07, 6.45) is 5.37. The molecule has 4 aromatic rings. The maximum absolute atomic E-state index is 13.0. The molecule has 1 aliphatic heterocycles. The van der Waals surface area contributed by atoms with Gasteiger partial charge in [-0.25, -0.2) is 9.67 Å². The van der Waals surface area contributed by atoms with E-state index in [1.165, 1.54) is 0 Å². The largest absolute Gasteiger partial charge is 0.507 e. The maximum atomic E-state index is 13.0. The van der Waals surface area contributed by atoms with Crippen molar-refractivity contribution in [3.63, 3.8) is 0 Å². The molecule has 5 rings (SSSR count). The molecule has 29 heavy (non-hydrogen) atoms. The van der Waals surface area contributed by atoms with Gasteiger partial charge in [0.1, 0.15) is 5.75 Å². The Morgan fingerprint density at radius 3 is 2.69 bits per heavy atom. The number of phenolic OH excluding ortho intramolecular Hbond substituents is 1. The van der Waals surface area contributed by atoms with Gasteiger partial charge in [0.25, 0.3) is 5.56 Å². The fraction of sp³-hybridized carbons (Fsp3) is 0.333. The van der Waals surface area contributed by atoms with Crippen LogP contribution in [0.2, 0.25) is 0 Å². The van der Waals surface area contributed by atoms with E-state index in [2.05, 4.69) is 27.1 Å². The average Bonchev–Trinajstić information content (AvgIpc) is 3.07. The van der Waals surface area contributed by atoms with E-state index in [-0.39, 0.29) is 17.4 Å². The Morgan fingerprint density at radius 1 is 1.10 bits per heavy atom. The minimum Gasteiger partial charge on any atom is -0.507 e. The second-order valence-electron chi connectivity index (χ2n) is 7.79. The van der Waals surface area contributed by atoms with Gasteiger partial charge in [-0.05, 0) is 51.2 Å². The van der Waals surface area contributed by atoms with Crippen LogP contribution in [0.15, 0.2) is 41.5 Å². The van der Waals surface area contributed by atoms with Gasteiger partial charge in [0, 0.05) is 30.3 Å². The highest BCUT2D eigenvalue weighted by atomic mass is 16.3. The minimum atomic E-state index is -0.108. The molecule has 0 spiro atoms. The molecule has 0 bridgehead atoms. The van der Waals surface area contributed by atoms with Crippen molar-refractivity contribution in [2.24, 2.45) is 7.05 Å². The molecule has 0 atom stereocenters. The first-order valence-corrected chi connectivity index (χ1v) is 9.73. The topological polar surface area (TPSA) is 89.1 Å². The van der Waals surface area contributed by atoms with Crippen molar-refractivity contribution in [1.82, 2.24) is 29.4 Å². The SMILES string of the molecule is CN1CCC(n2ncc3nc(-c4cc5cn(C)nc5cc4O)ccc3c2=O)CC1. The van der Waals surface area contributed by atoms with Crippen LogP contribution in [0.1, 0.15) is 18.9 Å².